The minimum absolute atomic E-state index is 0.0310. The number of carbonyl (C=O) groups is 1. The molecule has 1 aliphatic carbocycles. The first-order chi connectivity index (χ1) is 10.5. The van der Waals surface area contributed by atoms with Crippen molar-refractivity contribution in [3.63, 3.8) is 0 Å². The molecule has 0 fully saturated rings. The molecular weight excluding hydrogens is 325 g/mol. The maximum Gasteiger partial charge on any atom is 0.325 e. The second-order valence-electron chi connectivity index (χ2n) is 5.44. The number of rotatable bonds is 2. The lowest BCUT2D eigenvalue weighted by atomic mass is 9.93. The van der Waals surface area contributed by atoms with Gasteiger partial charge in [0.1, 0.15) is 5.82 Å². The standard InChI is InChI=1S/C15H15ClFN3OS/c1-8-2-5-12-13(6-8)22-15(19-12)20-14(21)18-9-3-4-11(17)10(16)7-9/h3-4,7-8H,2,5-6H2,1H3,(H2,18,19,20,21)/t8-/m1/s1. The zero-order chi connectivity index (χ0) is 15.7. The number of anilines is 2. The summed E-state index contributed by atoms with van der Waals surface area (Å²) in [5, 5.41) is 5.89. The van der Waals surface area contributed by atoms with Crippen LogP contribution in [0.15, 0.2) is 18.2 Å². The molecule has 0 radical (unpaired) electrons. The molecular formula is C15H15ClFN3OS. The summed E-state index contributed by atoms with van der Waals surface area (Å²) in [7, 11) is 0. The third-order valence-electron chi connectivity index (χ3n) is 3.58. The van der Waals surface area contributed by atoms with Crippen molar-refractivity contribution >= 4 is 39.8 Å². The van der Waals surface area contributed by atoms with Crippen LogP contribution in [0.25, 0.3) is 0 Å². The van der Waals surface area contributed by atoms with Crippen molar-refractivity contribution in [2.24, 2.45) is 5.92 Å². The molecule has 2 amide bonds. The van der Waals surface area contributed by atoms with Crippen LogP contribution in [0.3, 0.4) is 0 Å². The molecule has 0 saturated carbocycles. The summed E-state index contributed by atoms with van der Waals surface area (Å²) in [5.74, 6) is 0.144. The van der Waals surface area contributed by atoms with E-state index in [1.165, 1.54) is 34.4 Å². The molecule has 0 bridgehead atoms. The average molecular weight is 340 g/mol. The van der Waals surface area contributed by atoms with Crippen LogP contribution in [0.1, 0.15) is 23.9 Å². The van der Waals surface area contributed by atoms with Crippen LogP contribution in [0.2, 0.25) is 5.02 Å². The Morgan fingerprint density at radius 3 is 3.05 bits per heavy atom. The monoisotopic (exact) mass is 339 g/mol. The fourth-order valence-corrected chi connectivity index (χ4v) is 3.77. The number of thiazole rings is 1. The lowest BCUT2D eigenvalue weighted by Gasteiger charge is -2.15. The number of aromatic nitrogens is 1. The van der Waals surface area contributed by atoms with Crippen molar-refractivity contribution in [3.8, 4) is 0 Å². The Labute approximate surface area is 136 Å². The predicted octanol–water partition coefficient (Wildman–Crippen LogP) is 4.70. The minimum Gasteiger partial charge on any atom is -0.308 e. The van der Waals surface area contributed by atoms with Gasteiger partial charge in [0, 0.05) is 10.6 Å². The molecule has 116 valence electrons. The van der Waals surface area contributed by atoms with E-state index in [9.17, 15) is 9.18 Å². The van der Waals surface area contributed by atoms with Gasteiger partial charge in [-0.15, -0.1) is 11.3 Å². The first-order valence-electron chi connectivity index (χ1n) is 7.03. The maximum absolute atomic E-state index is 13.1. The molecule has 3 rings (SSSR count). The van der Waals surface area contributed by atoms with Crippen LogP contribution < -0.4 is 10.6 Å². The summed E-state index contributed by atoms with van der Waals surface area (Å²) in [6, 6.07) is 3.61. The van der Waals surface area contributed by atoms with Gasteiger partial charge >= 0.3 is 6.03 Å². The highest BCUT2D eigenvalue weighted by Crippen LogP contribution is 2.32. The largest absolute Gasteiger partial charge is 0.325 e. The summed E-state index contributed by atoms with van der Waals surface area (Å²) >= 11 is 7.20. The SMILES string of the molecule is C[C@@H]1CCc2nc(NC(=O)Nc3ccc(F)c(Cl)c3)sc2C1. The summed E-state index contributed by atoms with van der Waals surface area (Å²) in [6.45, 7) is 2.22. The fourth-order valence-electron chi connectivity index (χ4n) is 2.43. The Bertz CT molecular complexity index is 719. The molecule has 1 aromatic carbocycles. The van der Waals surface area contributed by atoms with Crippen LogP contribution in [-0.2, 0) is 12.8 Å². The first kappa shape index (κ1) is 15.2. The van der Waals surface area contributed by atoms with E-state index in [1.807, 2.05) is 0 Å². The molecule has 2 aromatic rings. The van der Waals surface area contributed by atoms with E-state index in [0.29, 0.717) is 16.7 Å². The van der Waals surface area contributed by atoms with E-state index >= 15 is 0 Å². The lowest BCUT2D eigenvalue weighted by molar-refractivity contribution is 0.262. The Kier molecular flexibility index (Phi) is 4.31. The van der Waals surface area contributed by atoms with E-state index in [2.05, 4.69) is 22.5 Å². The van der Waals surface area contributed by atoms with E-state index < -0.39 is 11.8 Å². The van der Waals surface area contributed by atoms with Crippen LogP contribution in [0.4, 0.5) is 20.0 Å². The number of carbonyl (C=O) groups excluding carboxylic acids is 1. The number of nitrogens with one attached hydrogen (secondary N) is 2. The maximum atomic E-state index is 13.1. The van der Waals surface area contributed by atoms with Crippen molar-refractivity contribution < 1.29 is 9.18 Å². The molecule has 1 heterocycles. The van der Waals surface area contributed by atoms with Gasteiger partial charge in [-0.05, 0) is 43.4 Å². The van der Waals surface area contributed by atoms with Gasteiger partial charge in [-0.2, -0.15) is 0 Å². The Morgan fingerprint density at radius 1 is 1.45 bits per heavy atom. The summed E-state index contributed by atoms with van der Waals surface area (Å²) in [6.07, 6.45) is 3.12. The summed E-state index contributed by atoms with van der Waals surface area (Å²) in [5.41, 5.74) is 1.52. The smallest absolute Gasteiger partial charge is 0.308 e. The number of aryl methyl sites for hydroxylation is 1. The van der Waals surface area contributed by atoms with Gasteiger partial charge in [0.05, 0.1) is 10.7 Å². The van der Waals surface area contributed by atoms with Crippen molar-refractivity contribution in [1.29, 1.82) is 0 Å². The average Bonchev–Trinajstić information content (AvgIpc) is 2.84. The highest BCUT2D eigenvalue weighted by atomic mass is 35.5. The number of halogens is 2. The van der Waals surface area contributed by atoms with Gasteiger partial charge in [-0.25, -0.2) is 14.2 Å². The number of urea groups is 1. The molecule has 7 heteroatoms. The number of hydrogen-bond acceptors (Lipinski definition) is 3. The van der Waals surface area contributed by atoms with E-state index in [0.717, 1.165) is 25.0 Å². The van der Waals surface area contributed by atoms with Gasteiger partial charge in [0.2, 0.25) is 0 Å². The predicted molar refractivity (Wildman–Crippen MR) is 87.4 cm³/mol. The highest BCUT2D eigenvalue weighted by molar-refractivity contribution is 7.15. The normalized spacial score (nSPS) is 17.0. The number of benzene rings is 1. The van der Waals surface area contributed by atoms with Gasteiger partial charge in [-0.1, -0.05) is 18.5 Å². The van der Waals surface area contributed by atoms with Crippen molar-refractivity contribution in [2.45, 2.75) is 26.2 Å². The van der Waals surface area contributed by atoms with Crippen molar-refractivity contribution in [1.82, 2.24) is 4.98 Å². The Balaban J connectivity index is 1.65. The number of hydrogen-bond donors (Lipinski definition) is 2. The van der Waals surface area contributed by atoms with Gasteiger partial charge in [-0.3, -0.25) is 5.32 Å². The molecule has 22 heavy (non-hydrogen) atoms. The van der Waals surface area contributed by atoms with Gasteiger partial charge < -0.3 is 5.32 Å². The minimum atomic E-state index is -0.519. The molecule has 0 aliphatic heterocycles. The third kappa shape index (κ3) is 3.39. The summed E-state index contributed by atoms with van der Waals surface area (Å²) in [4.78, 5) is 17.7. The number of nitrogens with zero attached hydrogens (tertiary/aromatic N) is 1. The third-order valence-corrected chi connectivity index (χ3v) is 4.91. The first-order valence-corrected chi connectivity index (χ1v) is 8.22. The lowest BCUT2D eigenvalue weighted by Crippen LogP contribution is -2.19. The molecule has 0 saturated heterocycles. The highest BCUT2D eigenvalue weighted by Gasteiger charge is 2.20. The van der Waals surface area contributed by atoms with E-state index in [4.69, 9.17) is 11.6 Å². The van der Waals surface area contributed by atoms with Crippen LogP contribution >= 0.6 is 22.9 Å². The van der Waals surface area contributed by atoms with Crippen LogP contribution in [-0.4, -0.2) is 11.0 Å². The quantitative estimate of drug-likeness (QED) is 0.832. The molecule has 1 aliphatic rings. The molecule has 0 spiro atoms. The van der Waals surface area contributed by atoms with E-state index in [1.54, 1.807) is 0 Å². The molecule has 1 atom stereocenters. The molecule has 2 N–H and O–H groups in total. The second-order valence-corrected chi connectivity index (χ2v) is 6.94. The topological polar surface area (TPSA) is 54.0 Å². The van der Waals surface area contributed by atoms with Crippen LogP contribution in [0.5, 0.6) is 0 Å². The van der Waals surface area contributed by atoms with Crippen molar-refractivity contribution in [2.75, 3.05) is 10.6 Å². The Hall–Kier alpha value is -1.66. The molecule has 4 nitrogen and oxygen atoms in total. The molecule has 1 aromatic heterocycles. The van der Waals surface area contributed by atoms with Gasteiger partial charge in [0.15, 0.2) is 5.13 Å². The van der Waals surface area contributed by atoms with E-state index in [-0.39, 0.29) is 5.02 Å². The zero-order valence-corrected chi connectivity index (χ0v) is 13.5. The fraction of sp³-hybridized carbons (Fsp3) is 0.333. The summed E-state index contributed by atoms with van der Waals surface area (Å²) < 4.78 is 13.1. The van der Waals surface area contributed by atoms with Crippen LogP contribution in [0, 0.1) is 11.7 Å². The Morgan fingerprint density at radius 2 is 2.27 bits per heavy atom. The molecule has 0 unspecified atom stereocenters. The van der Waals surface area contributed by atoms with Gasteiger partial charge in [0.25, 0.3) is 0 Å². The zero-order valence-electron chi connectivity index (χ0n) is 12.0. The number of amides is 2. The number of fused-ring (bicyclic) bond motifs is 1. The second kappa shape index (κ2) is 6.22. The van der Waals surface area contributed by atoms with Crippen molar-refractivity contribution in [3.05, 3.63) is 39.6 Å².